The van der Waals surface area contributed by atoms with E-state index in [0.29, 0.717) is 0 Å². The van der Waals surface area contributed by atoms with E-state index >= 15 is 0 Å². The summed E-state index contributed by atoms with van der Waals surface area (Å²) in [4.78, 5) is 0. The number of hydrogen-bond acceptors (Lipinski definition) is 2. The Morgan fingerprint density at radius 3 is 2.92 bits per heavy atom. The molecule has 0 saturated heterocycles. The summed E-state index contributed by atoms with van der Waals surface area (Å²) in [6.45, 7) is 0. The molecule has 0 spiro atoms. The number of fused-ring (bicyclic) bond motifs is 1. The standard InChI is InChI=1S/C9H7IOS/c1-11-7-3-2-6-4-9(10)12-8(6)5-7/h2-5H,1H3. The lowest BCUT2D eigenvalue weighted by Gasteiger charge is -1.97. The van der Waals surface area contributed by atoms with Crippen molar-refractivity contribution < 1.29 is 4.74 Å². The van der Waals surface area contributed by atoms with Gasteiger partial charge >= 0.3 is 0 Å². The Morgan fingerprint density at radius 1 is 1.33 bits per heavy atom. The summed E-state index contributed by atoms with van der Waals surface area (Å²) in [6, 6.07) is 8.33. The van der Waals surface area contributed by atoms with Crippen molar-refractivity contribution in [1.82, 2.24) is 0 Å². The smallest absolute Gasteiger partial charge is 0.120 e. The summed E-state index contributed by atoms with van der Waals surface area (Å²) in [5.74, 6) is 0.931. The second-order valence-electron chi connectivity index (χ2n) is 2.45. The van der Waals surface area contributed by atoms with Gasteiger partial charge in [0, 0.05) is 4.70 Å². The number of rotatable bonds is 1. The Kier molecular flexibility index (Phi) is 2.23. The van der Waals surface area contributed by atoms with Gasteiger partial charge in [0.05, 0.1) is 9.99 Å². The highest BCUT2D eigenvalue weighted by molar-refractivity contribution is 14.1. The van der Waals surface area contributed by atoms with Gasteiger partial charge in [-0.1, -0.05) is 0 Å². The maximum absolute atomic E-state index is 5.14. The predicted octanol–water partition coefficient (Wildman–Crippen LogP) is 3.51. The second kappa shape index (κ2) is 3.22. The fourth-order valence-electron chi connectivity index (χ4n) is 1.11. The van der Waals surface area contributed by atoms with Crippen molar-refractivity contribution in [2.75, 3.05) is 7.11 Å². The summed E-state index contributed by atoms with van der Waals surface area (Å²) >= 11 is 4.12. The first-order valence-corrected chi connectivity index (χ1v) is 5.42. The van der Waals surface area contributed by atoms with E-state index in [1.807, 2.05) is 6.07 Å². The molecule has 2 rings (SSSR count). The quantitative estimate of drug-likeness (QED) is 0.730. The van der Waals surface area contributed by atoms with Crippen molar-refractivity contribution in [3.05, 3.63) is 27.1 Å². The zero-order valence-corrected chi connectivity index (χ0v) is 9.48. The van der Waals surface area contributed by atoms with Gasteiger partial charge in [-0.2, -0.15) is 0 Å². The molecule has 1 aromatic carbocycles. The Balaban J connectivity index is 2.66. The first kappa shape index (κ1) is 8.31. The third-order valence-electron chi connectivity index (χ3n) is 1.70. The van der Waals surface area contributed by atoms with Gasteiger partial charge < -0.3 is 4.74 Å². The number of ether oxygens (including phenoxy) is 1. The monoisotopic (exact) mass is 290 g/mol. The maximum Gasteiger partial charge on any atom is 0.120 e. The summed E-state index contributed by atoms with van der Waals surface area (Å²) in [6.07, 6.45) is 0. The van der Waals surface area contributed by atoms with Crippen molar-refractivity contribution in [3.8, 4) is 5.75 Å². The molecule has 0 radical (unpaired) electrons. The van der Waals surface area contributed by atoms with E-state index in [4.69, 9.17) is 4.74 Å². The van der Waals surface area contributed by atoms with Gasteiger partial charge in [-0.25, -0.2) is 0 Å². The molecule has 0 aliphatic carbocycles. The molecule has 3 heteroatoms. The van der Waals surface area contributed by atoms with Crippen LogP contribution in [0.3, 0.4) is 0 Å². The zero-order chi connectivity index (χ0) is 8.55. The van der Waals surface area contributed by atoms with E-state index in [0.717, 1.165) is 5.75 Å². The van der Waals surface area contributed by atoms with Crippen molar-refractivity contribution in [1.29, 1.82) is 0 Å². The molecular weight excluding hydrogens is 283 g/mol. The van der Waals surface area contributed by atoms with Crippen LogP contribution in [0.1, 0.15) is 0 Å². The average molecular weight is 290 g/mol. The van der Waals surface area contributed by atoms with Gasteiger partial charge in [-0.3, -0.25) is 0 Å². The van der Waals surface area contributed by atoms with Gasteiger partial charge in [-0.15, -0.1) is 11.3 Å². The average Bonchev–Trinajstić information content (AvgIpc) is 2.43. The first-order chi connectivity index (χ1) is 5.79. The molecule has 12 heavy (non-hydrogen) atoms. The lowest BCUT2D eigenvalue weighted by atomic mass is 10.2. The van der Waals surface area contributed by atoms with Crippen molar-refractivity contribution >= 4 is 44.0 Å². The Hall–Kier alpha value is -0.290. The molecule has 0 fully saturated rings. The highest BCUT2D eigenvalue weighted by atomic mass is 127. The molecular formula is C9H7IOS. The fourth-order valence-corrected chi connectivity index (χ4v) is 2.97. The second-order valence-corrected chi connectivity index (χ2v) is 5.43. The summed E-state index contributed by atoms with van der Waals surface area (Å²) in [7, 11) is 1.69. The van der Waals surface area contributed by atoms with Crippen LogP contribution < -0.4 is 4.74 Å². The van der Waals surface area contributed by atoms with Gasteiger partial charge in [0.15, 0.2) is 0 Å². The maximum atomic E-state index is 5.14. The molecule has 0 saturated carbocycles. The lowest BCUT2D eigenvalue weighted by Crippen LogP contribution is -1.79. The third kappa shape index (κ3) is 1.43. The van der Waals surface area contributed by atoms with Crippen LogP contribution in [0.25, 0.3) is 10.1 Å². The summed E-state index contributed by atoms with van der Waals surface area (Å²) in [5, 5.41) is 1.30. The van der Waals surface area contributed by atoms with E-state index in [-0.39, 0.29) is 0 Å². The molecule has 0 atom stereocenters. The van der Waals surface area contributed by atoms with Gasteiger partial charge in [-0.05, 0) is 52.2 Å². The normalized spacial score (nSPS) is 10.5. The molecule has 0 bridgehead atoms. The number of thiophene rings is 1. The van der Waals surface area contributed by atoms with Crippen LogP contribution in [0, 0.1) is 2.88 Å². The van der Waals surface area contributed by atoms with Crippen molar-refractivity contribution in [2.45, 2.75) is 0 Å². The molecule has 0 N–H and O–H groups in total. The predicted molar refractivity (Wildman–Crippen MR) is 61.1 cm³/mol. The van der Waals surface area contributed by atoms with Crippen LogP contribution in [-0.4, -0.2) is 7.11 Å². The van der Waals surface area contributed by atoms with Crippen LogP contribution in [-0.2, 0) is 0 Å². The number of halogens is 1. The molecule has 0 aliphatic heterocycles. The van der Waals surface area contributed by atoms with Gasteiger partial charge in [0.1, 0.15) is 5.75 Å². The Morgan fingerprint density at radius 2 is 2.17 bits per heavy atom. The summed E-state index contributed by atoms with van der Waals surface area (Å²) < 4.78 is 7.74. The van der Waals surface area contributed by atoms with Gasteiger partial charge in [0.2, 0.25) is 0 Å². The number of methoxy groups -OCH3 is 1. The Bertz CT molecular complexity index is 408. The van der Waals surface area contributed by atoms with Crippen LogP contribution in [0.5, 0.6) is 5.75 Å². The fraction of sp³-hybridized carbons (Fsp3) is 0.111. The SMILES string of the molecule is COc1ccc2cc(I)sc2c1. The molecule has 62 valence electrons. The lowest BCUT2D eigenvalue weighted by molar-refractivity contribution is 0.415. The molecule has 0 unspecified atom stereocenters. The van der Waals surface area contributed by atoms with Crippen molar-refractivity contribution in [3.63, 3.8) is 0 Å². The third-order valence-corrected chi connectivity index (χ3v) is 3.56. The highest BCUT2D eigenvalue weighted by Crippen LogP contribution is 2.29. The van der Waals surface area contributed by atoms with E-state index in [1.54, 1.807) is 18.4 Å². The van der Waals surface area contributed by atoms with Gasteiger partial charge in [0.25, 0.3) is 0 Å². The first-order valence-electron chi connectivity index (χ1n) is 3.52. The van der Waals surface area contributed by atoms with Crippen LogP contribution in [0.4, 0.5) is 0 Å². The van der Waals surface area contributed by atoms with Crippen LogP contribution in [0.15, 0.2) is 24.3 Å². The molecule has 1 nitrogen and oxygen atoms in total. The molecule has 2 aromatic rings. The molecule has 0 amide bonds. The topological polar surface area (TPSA) is 9.23 Å². The van der Waals surface area contributed by atoms with E-state index in [2.05, 4.69) is 40.8 Å². The highest BCUT2D eigenvalue weighted by Gasteiger charge is 1.99. The molecule has 0 aliphatic rings. The van der Waals surface area contributed by atoms with E-state index in [1.165, 1.54) is 13.0 Å². The summed E-state index contributed by atoms with van der Waals surface area (Å²) in [5.41, 5.74) is 0. The number of benzene rings is 1. The molecule has 1 aromatic heterocycles. The Labute approximate surface area is 88.5 Å². The number of hydrogen-bond donors (Lipinski definition) is 0. The molecule has 1 heterocycles. The van der Waals surface area contributed by atoms with Crippen LogP contribution in [0.2, 0.25) is 0 Å². The minimum Gasteiger partial charge on any atom is -0.497 e. The largest absolute Gasteiger partial charge is 0.497 e. The van der Waals surface area contributed by atoms with E-state index in [9.17, 15) is 0 Å². The zero-order valence-electron chi connectivity index (χ0n) is 6.50. The van der Waals surface area contributed by atoms with Crippen LogP contribution >= 0.6 is 33.9 Å². The minimum atomic E-state index is 0.931. The minimum absolute atomic E-state index is 0.931. The van der Waals surface area contributed by atoms with E-state index < -0.39 is 0 Å². The van der Waals surface area contributed by atoms with Crippen molar-refractivity contribution in [2.24, 2.45) is 0 Å².